The molecule has 0 fully saturated rings. The summed E-state index contributed by atoms with van der Waals surface area (Å²) >= 11 is 0. The fourth-order valence-electron chi connectivity index (χ4n) is 1.91. The van der Waals surface area contributed by atoms with Crippen molar-refractivity contribution in [2.24, 2.45) is 0 Å². The molecule has 2 aromatic rings. The minimum atomic E-state index is -1.24. The number of carboxylic acids is 1. The number of nitrogens with two attached hydrogens (primary N) is 1. The number of amides is 1. The van der Waals surface area contributed by atoms with E-state index in [9.17, 15) is 14.7 Å². The van der Waals surface area contributed by atoms with Crippen LogP contribution in [0.1, 0.15) is 26.3 Å². The molecule has 5 N–H and O–H groups in total. The quantitative estimate of drug-likeness (QED) is 0.510. The molecule has 0 aliphatic heterocycles. The van der Waals surface area contributed by atoms with Crippen LogP contribution in [0.15, 0.2) is 36.4 Å². The Hall–Kier alpha value is -3.02. The molecule has 0 bridgehead atoms. The number of aromatic carboxylic acids is 1. The van der Waals surface area contributed by atoms with E-state index in [4.69, 9.17) is 10.8 Å². The number of hydrogen-bond acceptors (Lipinski definition) is 4. The van der Waals surface area contributed by atoms with E-state index in [1.54, 1.807) is 25.1 Å². The van der Waals surface area contributed by atoms with Gasteiger partial charge in [0.25, 0.3) is 5.91 Å². The molecule has 0 saturated carbocycles. The Bertz CT molecular complexity index is 726. The third-order valence-electron chi connectivity index (χ3n) is 3.10. The summed E-state index contributed by atoms with van der Waals surface area (Å²) < 4.78 is 0. The van der Waals surface area contributed by atoms with E-state index in [2.05, 4.69) is 5.32 Å². The zero-order valence-electron chi connectivity index (χ0n) is 11.3. The molecule has 0 aliphatic rings. The smallest absolute Gasteiger partial charge is 0.337 e. The fraction of sp³-hybridized carbons (Fsp3) is 0.0667. The Morgan fingerprint density at radius 2 is 1.86 bits per heavy atom. The van der Waals surface area contributed by atoms with Gasteiger partial charge in [-0.2, -0.15) is 0 Å². The number of hydrogen-bond donors (Lipinski definition) is 4. The Labute approximate surface area is 120 Å². The minimum Gasteiger partial charge on any atom is -0.508 e. The van der Waals surface area contributed by atoms with Gasteiger partial charge in [-0.1, -0.05) is 6.07 Å². The van der Waals surface area contributed by atoms with Crippen LogP contribution in [-0.4, -0.2) is 22.1 Å². The van der Waals surface area contributed by atoms with Gasteiger partial charge < -0.3 is 21.3 Å². The minimum absolute atomic E-state index is 0.104. The molecule has 0 spiro atoms. The van der Waals surface area contributed by atoms with E-state index in [1.165, 1.54) is 12.1 Å². The van der Waals surface area contributed by atoms with Crippen LogP contribution in [0.3, 0.4) is 0 Å². The van der Waals surface area contributed by atoms with E-state index in [1.807, 2.05) is 0 Å². The number of carbonyl (C=O) groups is 2. The summed E-state index contributed by atoms with van der Waals surface area (Å²) in [6.45, 7) is 1.71. The third kappa shape index (κ3) is 2.94. The van der Waals surface area contributed by atoms with Crippen molar-refractivity contribution in [1.82, 2.24) is 0 Å². The summed E-state index contributed by atoms with van der Waals surface area (Å²) in [5.74, 6) is -1.90. The number of carboxylic acid groups (broad SMARTS) is 1. The second-order valence-electron chi connectivity index (χ2n) is 4.51. The van der Waals surface area contributed by atoms with Crippen molar-refractivity contribution in [3.8, 4) is 5.75 Å². The monoisotopic (exact) mass is 286 g/mol. The maximum Gasteiger partial charge on any atom is 0.337 e. The van der Waals surface area contributed by atoms with E-state index in [-0.39, 0.29) is 17.0 Å². The first-order valence-electron chi connectivity index (χ1n) is 6.13. The zero-order chi connectivity index (χ0) is 15.6. The van der Waals surface area contributed by atoms with Crippen LogP contribution in [-0.2, 0) is 0 Å². The predicted molar refractivity (Wildman–Crippen MR) is 78.6 cm³/mol. The lowest BCUT2D eigenvalue weighted by molar-refractivity contribution is 0.0697. The van der Waals surface area contributed by atoms with Gasteiger partial charge in [0.15, 0.2) is 0 Å². The number of rotatable bonds is 3. The van der Waals surface area contributed by atoms with Crippen molar-refractivity contribution in [2.45, 2.75) is 6.92 Å². The van der Waals surface area contributed by atoms with Crippen molar-refractivity contribution >= 4 is 23.3 Å². The van der Waals surface area contributed by atoms with Gasteiger partial charge in [0, 0.05) is 11.3 Å². The third-order valence-corrected chi connectivity index (χ3v) is 3.10. The number of anilines is 2. The van der Waals surface area contributed by atoms with Gasteiger partial charge in [-0.15, -0.1) is 0 Å². The molecule has 0 atom stereocenters. The van der Waals surface area contributed by atoms with E-state index in [0.29, 0.717) is 16.8 Å². The van der Waals surface area contributed by atoms with Crippen LogP contribution in [0.2, 0.25) is 0 Å². The average molecular weight is 286 g/mol. The van der Waals surface area contributed by atoms with E-state index < -0.39 is 11.9 Å². The fourth-order valence-corrected chi connectivity index (χ4v) is 1.91. The van der Waals surface area contributed by atoms with Crippen LogP contribution < -0.4 is 11.1 Å². The highest BCUT2D eigenvalue weighted by Gasteiger charge is 2.16. The number of carbonyl (C=O) groups excluding carboxylic acids is 1. The van der Waals surface area contributed by atoms with Crippen LogP contribution in [0.25, 0.3) is 0 Å². The summed E-state index contributed by atoms with van der Waals surface area (Å²) in [6.07, 6.45) is 0. The Kier molecular flexibility index (Phi) is 3.80. The molecule has 0 saturated heterocycles. The molecule has 0 heterocycles. The molecule has 0 radical (unpaired) electrons. The SMILES string of the molecule is Cc1c(N)cccc1C(=O)Nc1ccc(O)cc1C(=O)O. The van der Waals surface area contributed by atoms with Gasteiger partial charge in [0.2, 0.25) is 0 Å². The highest BCUT2D eigenvalue weighted by molar-refractivity contribution is 6.09. The lowest BCUT2D eigenvalue weighted by atomic mass is 10.1. The normalized spacial score (nSPS) is 10.1. The van der Waals surface area contributed by atoms with Crippen LogP contribution in [0, 0.1) is 6.92 Å². The van der Waals surface area contributed by atoms with Gasteiger partial charge >= 0.3 is 5.97 Å². The second kappa shape index (κ2) is 5.54. The van der Waals surface area contributed by atoms with Crippen LogP contribution >= 0.6 is 0 Å². The van der Waals surface area contributed by atoms with Crippen molar-refractivity contribution in [3.63, 3.8) is 0 Å². The van der Waals surface area contributed by atoms with Crippen LogP contribution in [0.5, 0.6) is 5.75 Å². The van der Waals surface area contributed by atoms with Gasteiger partial charge in [0.1, 0.15) is 5.75 Å². The molecule has 0 aromatic heterocycles. The van der Waals surface area contributed by atoms with Gasteiger partial charge in [-0.25, -0.2) is 4.79 Å². The highest BCUT2D eigenvalue weighted by Crippen LogP contribution is 2.23. The lowest BCUT2D eigenvalue weighted by Crippen LogP contribution is -2.16. The molecular weight excluding hydrogens is 272 g/mol. The van der Waals surface area contributed by atoms with Crippen molar-refractivity contribution in [1.29, 1.82) is 0 Å². The lowest BCUT2D eigenvalue weighted by Gasteiger charge is -2.11. The molecule has 0 unspecified atom stereocenters. The largest absolute Gasteiger partial charge is 0.508 e. The molecule has 1 amide bonds. The molecule has 108 valence electrons. The Morgan fingerprint density at radius 1 is 1.14 bits per heavy atom. The first-order chi connectivity index (χ1) is 9.90. The number of nitrogens with one attached hydrogen (secondary N) is 1. The number of benzene rings is 2. The van der Waals surface area contributed by atoms with Crippen LogP contribution in [0.4, 0.5) is 11.4 Å². The summed E-state index contributed by atoms with van der Waals surface area (Å²) in [4.78, 5) is 23.4. The predicted octanol–water partition coefficient (Wildman–Crippen LogP) is 2.23. The van der Waals surface area contributed by atoms with Gasteiger partial charge in [-0.05, 0) is 42.8 Å². The summed E-state index contributed by atoms with van der Waals surface area (Å²) in [6, 6.07) is 8.63. The topological polar surface area (TPSA) is 113 Å². The zero-order valence-corrected chi connectivity index (χ0v) is 11.3. The van der Waals surface area contributed by atoms with Crippen molar-refractivity contribution < 1.29 is 19.8 Å². The van der Waals surface area contributed by atoms with E-state index >= 15 is 0 Å². The molecule has 21 heavy (non-hydrogen) atoms. The first kappa shape index (κ1) is 14.4. The number of phenolic OH excluding ortho intramolecular Hbond substituents is 1. The summed E-state index contributed by atoms with van der Waals surface area (Å²) in [5, 5.41) is 20.9. The average Bonchev–Trinajstić information content (AvgIpc) is 2.43. The van der Waals surface area contributed by atoms with Gasteiger partial charge in [-0.3, -0.25) is 4.79 Å². The first-order valence-corrected chi connectivity index (χ1v) is 6.13. The highest BCUT2D eigenvalue weighted by atomic mass is 16.4. The summed E-state index contributed by atoms with van der Waals surface area (Å²) in [7, 11) is 0. The maximum atomic E-state index is 12.2. The molecule has 6 nitrogen and oxygen atoms in total. The molecular formula is C15H14N2O4. The second-order valence-corrected chi connectivity index (χ2v) is 4.51. The molecule has 6 heteroatoms. The molecule has 2 aromatic carbocycles. The van der Waals surface area contributed by atoms with Crippen molar-refractivity contribution in [2.75, 3.05) is 11.1 Å². The maximum absolute atomic E-state index is 12.2. The van der Waals surface area contributed by atoms with Crippen molar-refractivity contribution in [3.05, 3.63) is 53.1 Å². The molecule has 2 rings (SSSR count). The number of aromatic hydroxyl groups is 1. The number of nitrogen functional groups attached to an aromatic ring is 1. The summed E-state index contributed by atoms with van der Waals surface area (Å²) in [5.41, 5.74) is 7.11. The van der Waals surface area contributed by atoms with Gasteiger partial charge in [0.05, 0.1) is 11.3 Å². The Morgan fingerprint density at radius 3 is 2.52 bits per heavy atom. The van der Waals surface area contributed by atoms with E-state index in [0.717, 1.165) is 6.07 Å². The Balaban J connectivity index is 2.36. The number of phenols is 1. The standard InChI is InChI=1S/C15H14N2O4/c1-8-10(3-2-4-12(8)16)14(19)17-13-6-5-9(18)7-11(13)15(20)21/h2-7,18H,16H2,1H3,(H,17,19)(H,20,21). The molecule has 0 aliphatic carbocycles.